The molecule has 3 rings (SSSR count). The number of methoxy groups -OCH3 is 1. The van der Waals surface area contributed by atoms with Gasteiger partial charge in [-0.25, -0.2) is 0 Å². The molecule has 0 unspecified atom stereocenters. The fraction of sp³-hybridized carbons (Fsp3) is 0.471. The fourth-order valence-corrected chi connectivity index (χ4v) is 3.07. The van der Waals surface area contributed by atoms with Crippen molar-refractivity contribution in [3.63, 3.8) is 0 Å². The number of ether oxygens (including phenoxy) is 1. The summed E-state index contributed by atoms with van der Waals surface area (Å²) >= 11 is 0. The highest BCUT2D eigenvalue weighted by Crippen LogP contribution is 2.36. The van der Waals surface area contributed by atoms with Gasteiger partial charge in [-0.2, -0.15) is 0 Å². The molecule has 0 amide bonds. The van der Waals surface area contributed by atoms with Crippen LogP contribution in [-0.4, -0.2) is 28.8 Å². The molecular weight excluding hydrogens is 280 g/mol. The topological polar surface area (TPSA) is 58.7 Å². The maximum absolute atomic E-state index is 10.3. The first kappa shape index (κ1) is 14.9. The Morgan fingerprint density at radius 1 is 1.45 bits per heavy atom. The van der Waals surface area contributed by atoms with Gasteiger partial charge in [0.2, 0.25) is 0 Å². The molecule has 22 heavy (non-hydrogen) atoms. The Morgan fingerprint density at radius 3 is 3.05 bits per heavy atom. The number of phenolic OH excluding ortho intramolecular Hbond substituents is 1. The zero-order valence-corrected chi connectivity index (χ0v) is 13.1. The number of hydrogen-bond acceptors (Lipinski definition) is 5. The molecule has 2 aromatic rings. The van der Waals surface area contributed by atoms with Gasteiger partial charge in [0.25, 0.3) is 0 Å². The lowest BCUT2D eigenvalue weighted by Gasteiger charge is -2.23. The van der Waals surface area contributed by atoms with Crippen LogP contribution >= 0.6 is 0 Å². The lowest BCUT2D eigenvalue weighted by atomic mass is 10.1. The highest BCUT2D eigenvalue weighted by atomic mass is 16.5. The average molecular weight is 302 g/mol. The molecule has 2 heterocycles. The van der Waals surface area contributed by atoms with Gasteiger partial charge in [-0.3, -0.25) is 4.90 Å². The van der Waals surface area contributed by atoms with Crippen LogP contribution in [0.4, 0.5) is 0 Å². The van der Waals surface area contributed by atoms with E-state index in [2.05, 4.69) is 23.0 Å². The van der Waals surface area contributed by atoms with E-state index in [9.17, 15) is 5.11 Å². The Labute approximate surface area is 130 Å². The van der Waals surface area contributed by atoms with E-state index in [0.29, 0.717) is 12.3 Å². The molecule has 1 aromatic heterocycles. The van der Waals surface area contributed by atoms with Gasteiger partial charge in [0.1, 0.15) is 0 Å². The molecular formula is C17H22N2O3. The third-order valence-electron chi connectivity index (χ3n) is 4.31. The number of aryl methyl sites for hydroxylation is 1. The van der Waals surface area contributed by atoms with Crippen molar-refractivity contribution >= 4 is 0 Å². The van der Waals surface area contributed by atoms with Gasteiger partial charge < -0.3 is 14.4 Å². The maximum Gasteiger partial charge on any atom is 0.162 e. The quantitative estimate of drug-likeness (QED) is 0.918. The summed E-state index contributed by atoms with van der Waals surface area (Å²) in [5.74, 6) is 1.67. The number of likely N-dealkylation sites (tertiary alicyclic amines) is 1. The van der Waals surface area contributed by atoms with Crippen molar-refractivity contribution in [2.45, 2.75) is 38.8 Å². The number of aromatic hydroxyl groups is 1. The molecule has 0 radical (unpaired) electrons. The van der Waals surface area contributed by atoms with Gasteiger partial charge in [0.05, 0.1) is 18.8 Å². The number of para-hydroxylation sites is 1. The van der Waals surface area contributed by atoms with Crippen molar-refractivity contribution < 1.29 is 14.4 Å². The van der Waals surface area contributed by atoms with Crippen molar-refractivity contribution in [3.8, 4) is 11.5 Å². The van der Waals surface area contributed by atoms with Gasteiger partial charge in [-0.1, -0.05) is 24.2 Å². The first-order valence-electron chi connectivity index (χ1n) is 7.77. The SMILES string of the molecule is CCc1cc([C@H]2CCCN2Cc2cccc(OC)c2O)on1. The third kappa shape index (κ3) is 2.81. The zero-order valence-electron chi connectivity index (χ0n) is 13.1. The van der Waals surface area contributed by atoms with Crippen molar-refractivity contribution in [1.29, 1.82) is 0 Å². The second kappa shape index (κ2) is 6.40. The maximum atomic E-state index is 10.3. The molecule has 1 atom stereocenters. The molecule has 1 saturated heterocycles. The van der Waals surface area contributed by atoms with Crippen LogP contribution in [0.5, 0.6) is 11.5 Å². The minimum absolute atomic E-state index is 0.225. The van der Waals surface area contributed by atoms with Crippen LogP contribution in [0.25, 0.3) is 0 Å². The van der Waals surface area contributed by atoms with Crippen LogP contribution < -0.4 is 4.74 Å². The van der Waals surface area contributed by atoms with Gasteiger partial charge >= 0.3 is 0 Å². The van der Waals surface area contributed by atoms with Crippen molar-refractivity contribution in [1.82, 2.24) is 10.1 Å². The van der Waals surface area contributed by atoms with Crippen molar-refractivity contribution in [2.24, 2.45) is 0 Å². The Morgan fingerprint density at radius 2 is 2.32 bits per heavy atom. The molecule has 1 N–H and O–H groups in total. The Kier molecular flexibility index (Phi) is 4.34. The monoisotopic (exact) mass is 302 g/mol. The van der Waals surface area contributed by atoms with E-state index in [1.807, 2.05) is 12.1 Å². The van der Waals surface area contributed by atoms with Gasteiger partial charge in [-0.05, 0) is 31.9 Å². The van der Waals surface area contributed by atoms with E-state index in [1.54, 1.807) is 13.2 Å². The van der Waals surface area contributed by atoms with E-state index in [-0.39, 0.29) is 11.8 Å². The number of aromatic nitrogens is 1. The largest absolute Gasteiger partial charge is 0.504 e. The summed E-state index contributed by atoms with van der Waals surface area (Å²) in [4.78, 5) is 2.33. The zero-order chi connectivity index (χ0) is 15.5. The van der Waals surface area contributed by atoms with Crippen LogP contribution in [0.3, 0.4) is 0 Å². The molecule has 118 valence electrons. The van der Waals surface area contributed by atoms with Gasteiger partial charge in [-0.15, -0.1) is 0 Å². The molecule has 5 nitrogen and oxygen atoms in total. The van der Waals surface area contributed by atoms with Crippen LogP contribution in [0.1, 0.15) is 42.8 Å². The van der Waals surface area contributed by atoms with Crippen LogP contribution in [0.2, 0.25) is 0 Å². The third-order valence-corrected chi connectivity index (χ3v) is 4.31. The predicted molar refractivity (Wildman–Crippen MR) is 82.9 cm³/mol. The normalized spacial score (nSPS) is 18.7. The van der Waals surface area contributed by atoms with E-state index in [4.69, 9.17) is 9.26 Å². The number of benzene rings is 1. The van der Waals surface area contributed by atoms with Gasteiger partial charge in [0, 0.05) is 18.2 Å². The minimum Gasteiger partial charge on any atom is -0.504 e. The minimum atomic E-state index is 0.225. The first-order valence-corrected chi connectivity index (χ1v) is 7.77. The molecule has 0 spiro atoms. The Hall–Kier alpha value is -2.01. The molecule has 1 aromatic carbocycles. The van der Waals surface area contributed by atoms with Crippen LogP contribution in [-0.2, 0) is 13.0 Å². The van der Waals surface area contributed by atoms with Crippen LogP contribution in [0.15, 0.2) is 28.8 Å². The van der Waals surface area contributed by atoms with Crippen molar-refractivity contribution in [2.75, 3.05) is 13.7 Å². The molecule has 1 fully saturated rings. The number of nitrogens with zero attached hydrogens (tertiary/aromatic N) is 2. The summed E-state index contributed by atoms with van der Waals surface area (Å²) in [6.07, 6.45) is 3.06. The molecule has 1 aliphatic heterocycles. The highest BCUT2D eigenvalue weighted by molar-refractivity contribution is 5.45. The summed E-state index contributed by atoms with van der Waals surface area (Å²) in [6.45, 7) is 3.74. The standard InChI is InChI=1S/C17H22N2O3/c1-3-13-10-16(22-18-13)14-7-5-9-19(14)11-12-6-4-8-15(21-2)17(12)20/h4,6,8,10,14,20H,3,5,7,9,11H2,1-2H3/t14-/m1/s1. The Balaban J connectivity index is 1.79. The summed E-state index contributed by atoms with van der Waals surface area (Å²) < 4.78 is 10.7. The lowest BCUT2D eigenvalue weighted by molar-refractivity contribution is 0.204. The summed E-state index contributed by atoms with van der Waals surface area (Å²) in [5.41, 5.74) is 1.87. The number of phenols is 1. The summed E-state index contributed by atoms with van der Waals surface area (Å²) in [5, 5.41) is 14.4. The van der Waals surface area contributed by atoms with Crippen molar-refractivity contribution in [3.05, 3.63) is 41.3 Å². The first-order chi connectivity index (χ1) is 10.7. The lowest BCUT2D eigenvalue weighted by Crippen LogP contribution is -2.22. The molecule has 0 aliphatic carbocycles. The molecule has 1 aliphatic rings. The van der Waals surface area contributed by atoms with E-state index < -0.39 is 0 Å². The second-order valence-electron chi connectivity index (χ2n) is 5.67. The summed E-state index contributed by atoms with van der Waals surface area (Å²) in [7, 11) is 1.57. The molecule has 0 saturated carbocycles. The fourth-order valence-electron chi connectivity index (χ4n) is 3.07. The average Bonchev–Trinajstić information content (AvgIpc) is 3.17. The summed E-state index contributed by atoms with van der Waals surface area (Å²) in [6, 6.07) is 7.89. The molecule has 5 heteroatoms. The van der Waals surface area contributed by atoms with Crippen LogP contribution in [0, 0.1) is 0 Å². The highest BCUT2D eigenvalue weighted by Gasteiger charge is 2.30. The second-order valence-corrected chi connectivity index (χ2v) is 5.67. The predicted octanol–water partition coefficient (Wildman–Crippen LogP) is 3.29. The molecule has 0 bridgehead atoms. The smallest absolute Gasteiger partial charge is 0.162 e. The number of rotatable bonds is 5. The van der Waals surface area contributed by atoms with E-state index in [1.165, 1.54) is 0 Å². The number of hydrogen-bond donors (Lipinski definition) is 1. The van der Waals surface area contributed by atoms with E-state index in [0.717, 1.165) is 42.8 Å². The van der Waals surface area contributed by atoms with E-state index >= 15 is 0 Å². The van der Waals surface area contributed by atoms with Gasteiger partial charge in [0.15, 0.2) is 17.3 Å². The Bertz CT molecular complexity index is 639.